The van der Waals surface area contributed by atoms with Gasteiger partial charge in [-0.1, -0.05) is 13.8 Å². The highest BCUT2D eigenvalue weighted by atomic mass is 19.1. The van der Waals surface area contributed by atoms with Gasteiger partial charge in [0.2, 0.25) is 5.91 Å². The molecule has 17 heavy (non-hydrogen) atoms. The maximum atomic E-state index is 13.8. The maximum absolute atomic E-state index is 13.8. The van der Waals surface area contributed by atoms with Crippen LogP contribution < -0.4 is 10.6 Å². The number of nitrogens with one attached hydrogen (secondary N) is 2. The quantitative estimate of drug-likeness (QED) is 0.790. The molecule has 1 saturated carbocycles. The third kappa shape index (κ3) is 2.79. The normalized spacial score (nSPS) is 36.9. The Morgan fingerprint density at radius 3 is 2.82 bits per heavy atom. The van der Waals surface area contributed by atoms with Gasteiger partial charge in [-0.25, -0.2) is 4.39 Å². The molecule has 1 heterocycles. The maximum Gasteiger partial charge on any atom is 0.224 e. The predicted molar refractivity (Wildman–Crippen MR) is 65.4 cm³/mol. The van der Waals surface area contributed by atoms with Gasteiger partial charge in [-0.15, -0.1) is 0 Å². The second-order valence-corrected chi connectivity index (χ2v) is 6.06. The summed E-state index contributed by atoms with van der Waals surface area (Å²) < 4.78 is 13.8. The van der Waals surface area contributed by atoms with Crippen LogP contribution in [0.25, 0.3) is 0 Å². The van der Waals surface area contributed by atoms with E-state index in [-0.39, 0.29) is 23.3 Å². The van der Waals surface area contributed by atoms with Gasteiger partial charge in [-0.05, 0) is 31.1 Å². The van der Waals surface area contributed by atoms with Crippen LogP contribution in [0.5, 0.6) is 0 Å². The Balaban J connectivity index is 1.86. The number of rotatable bonds is 3. The van der Waals surface area contributed by atoms with Gasteiger partial charge in [0.05, 0.1) is 5.92 Å². The molecule has 1 amide bonds. The minimum Gasteiger partial charge on any atom is -0.356 e. The Hall–Kier alpha value is -0.640. The Labute approximate surface area is 103 Å². The summed E-state index contributed by atoms with van der Waals surface area (Å²) in [7, 11) is 0. The lowest BCUT2D eigenvalue weighted by Crippen LogP contribution is -2.48. The first kappa shape index (κ1) is 12.8. The summed E-state index contributed by atoms with van der Waals surface area (Å²) in [5, 5.41) is 6.15. The van der Waals surface area contributed by atoms with Crippen molar-refractivity contribution >= 4 is 5.91 Å². The summed E-state index contributed by atoms with van der Waals surface area (Å²) in [5.74, 6) is 0.141. The van der Waals surface area contributed by atoms with Gasteiger partial charge in [0.25, 0.3) is 0 Å². The minimum absolute atomic E-state index is 0.00452. The average molecular weight is 242 g/mol. The van der Waals surface area contributed by atoms with E-state index < -0.39 is 6.17 Å². The first-order valence-electron chi connectivity index (χ1n) is 6.66. The van der Waals surface area contributed by atoms with Crippen molar-refractivity contribution in [2.24, 2.45) is 11.3 Å². The predicted octanol–water partition coefficient (Wildman–Crippen LogP) is 1.63. The standard InChI is InChI=1S/C13H23FN2O/c1-13(2)6-5-10(14)11(13)16-8-9-4-3-7-15-12(9)17/h9-11,16H,3-8H2,1-2H3,(H,15,17). The number of hydrogen-bond donors (Lipinski definition) is 2. The van der Waals surface area contributed by atoms with E-state index in [0.29, 0.717) is 13.0 Å². The summed E-state index contributed by atoms with van der Waals surface area (Å²) >= 11 is 0. The summed E-state index contributed by atoms with van der Waals surface area (Å²) in [6, 6.07) is -0.0998. The van der Waals surface area contributed by atoms with Crippen LogP contribution in [0.1, 0.15) is 39.5 Å². The van der Waals surface area contributed by atoms with Crippen molar-refractivity contribution in [3.63, 3.8) is 0 Å². The van der Waals surface area contributed by atoms with Crippen molar-refractivity contribution in [1.82, 2.24) is 10.6 Å². The van der Waals surface area contributed by atoms with Gasteiger partial charge in [-0.3, -0.25) is 4.79 Å². The Kier molecular flexibility index (Phi) is 3.71. The van der Waals surface area contributed by atoms with E-state index in [0.717, 1.165) is 25.8 Å². The first-order valence-corrected chi connectivity index (χ1v) is 6.66. The fraction of sp³-hybridized carbons (Fsp3) is 0.923. The first-order chi connectivity index (χ1) is 8.00. The molecule has 4 heteroatoms. The molecule has 3 nitrogen and oxygen atoms in total. The largest absolute Gasteiger partial charge is 0.356 e. The molecule has 1 aliphatic heterocycles. The zero-order chi connectivity index (χ0) is 12.5. The van der Waals surface area contributed by atoms with E-state index in [1.807, 2.05) is 0 Å². The fourth-order valence-corrected chi connectivity index (χ4v) is 3.03. The van der Waals surface area contributed by atoms with Gasteiger partial charge in [0.1, 0.15) is 6.17 Å². The van der Waals surface area contributed by atoms with Crippen LogP contribution in [-0.4, -0.2) is 31.2 Å². The molecule has 3 unspecified atom stereocenters. The molecule has 0 bridgehead atoms. The lowest BCUT2D eigenvalue weighted by Gasteiger charge is -2.31. The second kappa shape index (κ2) is 4.92. The lowest BCUT2D eigenvalue weighted by molar-refractivity contribution is -0.126. The number of halogens is 1. The molecular weight excluding hydrogens is 219 g/mol. The highest BCUT2D eigenvalue weighted by Gasteiger charge is 2.42. The van der Waals surface area contributed by atoms with Crippen LogP contribution in [0.15, 0.2) is 0 Å². The number of carbonyl (C=O) groups is 1. The van der Waals surface area contributed by atoms with E-state index in [2.05, 4.69) is 24.5 Å². The second-order valence-electron chi connectivity index (χ2n) is 6.06. The SMILES string of the molecule is CC1(C)CCC(F)C1NCC1CCCNC1=O. The number of piperidine rings is 1. The third-order valence-electron chi connectivity index (χ3n) is 4.25. The average Bonchev–Trinajstić information content (AvgIpc) is 2.53. The lowest BCUT2D eigenvalue weighted by atomic mass is 9.86. The molecule has 0 aromatic carbocycles. The molecule has 2 fully saturated rings. The van der Waals surface area contributed by atoms with Crippen molar-refractivity contribution in [2.45, 2.75) is 51.7 Å². The molecule has 2 N–H and O–H groups in total. The van der Waals surface area contributed by atoms with Gasteiger partial charge < -0.3 is 10.6 Å². The van der Waals surface area contributed by atoms with Crippen LogP contribution in [0.4, 0.5) is 4.39 Å². The van der Waals surface area contributed by atoms with Crippen LogP contribution in [0.2, 0.25) is 0 Å². The Morgan fingerprint density at radius 2 is 2.24 bits per heavy atom. The highest BCUT2D eigenvalue weighted by molar-refractivity contribution is 5.79. The Morgan fingerprint density at radius 1 is 1.47 bits per heavy atom. The van der Waals surface area contributed by atoms with Crippen molar-refractivity contribution < 1.29 is 9.18 Å². The van der Waals surface area contributed by atoms with Crippen LogP contribution in [0, 0.1) is 11.3 Å². The molecule has 0 aromatic rings. The topological polar surface area (TPSA) is 41.1 Å². The zero-order valence-electron chi connectivity index (χ0n) is 10.8. The summed E-state index contributed by atoms with van der Waals surface area (Å²) in [5.41, 5.74) is 0.00452. The van der Waals surface area contributed by atoms with Gasteiger partial charge in [0, 0.05) is 19.1 Å². The van der Waals surface area contributed by atoms with Gasteiger partial charge >= 0.3 is 0 Å². The number of amides is 1. The summed E-state index contributed by atoms with van der Waals surface area (Å²) in [4.78, 5) is 11.6. The molecule has 0 spiro atoms. The molecule has 3 atom stereocenters. The highest BCUT2D eigenvalue weighted by Crippen LogP contribution is 2.39. The molecule has 2 aliphatic rings. The Bertz CT molecular complexity index is 293. The van der Waals surface area contributed by atoms with Crippen LogP contribution >= 0.6 is 0 Å². The van der Waals surface area contributed by atoms with E-state index in [1.54, 1.807) is 0 Å². The smallest absolute Gasteiger partial charge is 0.224 e. The van der Waals surface area contributed by atoms with Crippen molar-refractivity contribution in [1.29, 1.82) is 0 Å². The van der Waals surface area contributed by atoms with E-state index in [1.165, 1.54) is 0 Å². The molecule has 1 aliphatic carbocycles. The fourth-order valence-electron chi connectivity index (χ4n) is 3.03. The van der Waals surface area contributed by atoms with Gasteiger partial charge in [0.15, 0.2) is 0 Å². The molecule has 0 radical (unpaired) electrons. The summed E-state index contributed by atoms with van der Waals surface area (Å²) in [6.07, 6.45) is 2.75. The van der Waals surface area contributed by atoms with Crippen molar-refractivity contribution in [3.8, 4) is 0 Å². The molecule has 0 aromatic heterocycles. The molecule has 1 saturated heterocycles. The van der Waals surface area contributed by atoms with Gasteiger partial charge in [-0.2, -0.15) is 0 Å². The van der Waals surface area contributed by atoms with E-state index in [9.17, 15) is 9.18 Å². The zero-order valence-corrected chi connectivity index (χ0v) is 10.8. The summed E-state index contributed by atoms with van der Waals surface area (Å²) in [6.45, 7) is 5.60. The van der Waals surface area contributed by atoms with E-state index >= 15 is 0 Å². The molecule has 2 rings (SSSR count). The molecular formula is C13H23FN2O. The monoisotopic (exact) mass is 242 g/mol. The van der Waals surface area contributed by atoms with E-state index in [4.69, 9.17) is 0 Å². The van der Waals surface area contributed by atoms with Crippen molar-refractivity contribution in [3.05, 3.63) is 0 Å². The number of carbonyl (C=O) groups excluding carboxylic acids is 1. The third-order valence-corrected chi connectivity index (χ3v) is 4.25. The van der Waals surface area contributed by atoms with Crippen LogP contribution in [-0.2, 0) is 4.79 Å². The molecule has 98 valence electrons. The van der Waals surface area contributed by atoms with Crippen LogP contribution in [0.3, 0.4) is 0 Å². The van der Waals surface area contributed by atoms with Crippen molar-refractivity contribution in [2.75, 3.05) is 13.1 Å². The number of hydrogen-bond acceptors (Lipinski definition) is 2. The number of alkyl halides is 1. The minimum atomic E-state index is -0.767.